The van der Waals surface area contributed by atoms with Gasteiger partial charge < -0.3 is 14.7 Å². The number of hydrogen-bond acceptors (Lipinski definition) is 4. The Bertz CT molecular complexity index is 735. The van der Waals surface area contributed by atoms with Gasteiger partial charge in [0.05, 0.1) is 6.54 Å². The number of carbonyl (C=O) groups is 2. The third kappa shape index (κ3) is 4.47. The molecule has 3 rings (SSSR count). The molecule has 1 aliphatic rings. The Kier molecular flexibility index (Phi) is 5.16. The van der Waals surface area contributed by atoms with Crippen molar-refractivity contribution in [3.8, 4) is 0 Å². The first kappa shape index (κ1) is 17.2. The number of rotatable bonds is 7. The van der Waals surface area contributed by atoms with Gasteiger partial charge in [-0.2, -0.15) is 0 Å². The monoisotopic (exact) mass is 341 g/mol. The van der Waals surface area contributed by atoms with Crippen molar-refractivity contribution in [3.05, 3.63) is 53.4 Å². The highest BCUT2D eigenvalue weighted by atomic mass is 16.5. The summed E-state index contributed by atoms with van der Waals surface area (Å²) in [6, 6.07) is 11.1. The molecule has 0 saturated heterocycles. The molecule has 6 heteroatoms. The lowest BCUT2D eigenvalue weighted by atomic mass is 10.2. The normalized spacial score (nSPS) is 13.7. The Morgan fingerprint density at radius 2 is 2.00 bits per heavy atom. The van der Waals surface area contributed by atoms with Crippen LogP contribution in [0.15, 0.2) is 40.9 Å². The summed E-state index contributed by atoms with van der Waals surface area (Å²) >= 11 is 0. The molecular weight excluding hydrogens is 318 g/mol. The highest BCUT2D eigenvalue weighted by Crippen LogP contribution is 2.30. The Morgan fingerprint density at radius 3 is 2.64 bits per heavy atom. The van der Waals surface area contributed by atoms with Crippen LogP contribution in [0.4, 0.5) is 0 Å². The first-order valence-electron chi connectivity index (χ1n) is 8.64. The molecule has 2 aromatic rings. The number of nitrogens with zero attached hydrogens (tertiary/aromatic N) is 2. The zero-order chi connectivity index (χ0) is 17.8. The molecule has 1 fully saturated rings. The van der Waals surface area contributed by atoms with E-state index in [2.05, 4.69) is 10.5 Å². The molecule has 0 spiro atoms. The fourth-order valence-corrected chi connectivity index (χ4v) is 2.55. The summed E-state index contributed by atoms with van der Waals surface area (Å²) in [6.45, 7) is 4.96. The van der Waals surface area contributed by atoms with Gasteiger partial charge in [-0.15, -0.1) is 0 Å². The second-order valence-corrected chi connectivity index (χ2v) is 6.81. The van der Waals surface area contributed by atoms with Crippen molar-refractivity contribution in [1.29, 1.82) is 0 Å². The summed E-state index contributed by atoms with van der Waals surface area (Å²) in [4.78, 5) is 26.6. The molecule has 1 aromatic heterocycles. The Labute approximate surface area is 147 Å². The van der Waals surface area contributed by atoms with Crippen molar-refractivity contribution >= 4 is 11.8 Å². The molecule has 1 saturated carbocycles. The van der Waals surface area contributed by atoms with Crippen LogP contribution in [0, 0.1) is 5.92 Å². The minimum Gasteiger partial charge on any atom is -0.359 e. The van der Waals surface area contributed by atoms with Crippen LogP contribution in [0.5, 0.6) is 0 Å². The van der Waals surface area contributed by atoms with Crippen molar-refractivity contribution in [3.63, 3.8) is 0 Å². The average molecular weight is 341 g/mol. The van der Waals surface area contributed by atoms with Gasteiger partial charge in [0.25, 0.3) is 11.8 Å². The number of aromatic nitrogens is 1. The molecule has 1 aromatic carbocycles. The zero-order valence-corrected chi connectivity index (χ0v) is 14.6. The third-order valence-corrected chi connectivity index (χ3v) is 4.06. The van der Waals surface area contributed by atoms with Crippen LogP contribution < -0.4 is 5.32 Å². The molecule has 0 unspecified atom stereocenters. The Hall–Kier alpha value is -2.63. The van der Waals surface area contributed by atoms with E-state index in [1.165, 1.54) is 0 Å². The summed E-state index contributed by atoms with van der Waals surface area (Å²) in [5, 5.41) is 6.64. The summed E-state index contributed by atoms with van der Waals surface area (Å²) in [7, 11) is 0. The Morgan fingerprint density at radius 1 is 1.28 bits per heavy atom. The number of hydrogen-bond donors (Lipinski definition) is 1. The standard InChI is InChI=1S/C19H23N3O3/c1-13(2)11-20-18(23)17-10-16(25-21-17)12-22(15-8-9-15)19(24)14-6-4-3-5-7-14/h3-7,10,13,15H,8-9,11-12H2,1-2H3,(H,20,23). The molecule has 0 radical (unpaired) electrons. The molecule has 25 heavy (non-hydrogen) atoms. The molecule has 1 aliphatic carbocycles. The van der Waals surface area contributed by atoms with Crippen molar-refractivity contribution in [2.24, 2.45) is 5.92 Å². The largest absolute Gasteiger partial charge is 0.359 e. The Balaban J connectivity index is 1.67. The summed E-state index contributed by atoms with van der Waals surface area (Å²) in [5.74, 6) is 0.608. The predicted octanol–water partition coefficient (Wildman–Crippen LogP) is 2.87. The molecule has 1 N–H and O–H groups in total. The SMILES string of the molecule is CC(C)CNC(=O)c1cc(CN(C(=O)c2ccccc2)C2CC2)on1. The number of amides is 2. The highest BCUT2D eigenvalue weighted by molar-refractivity contribution is 5.94. The summed E-state index contributed by atoms with van der Waals surface area (Å²) < 4.78 is 5.28. The lowest BCUT2D eigenvalue weighted by Gasteiger charge is -2.21. The molecule has 0 atom stereocenters. The fraction of sp³-hybridized carbons (Fsp3) is 0.421. The molecule has 0 aliphatic heterocycles. The van der Waals surface area contributed by atoms with Crippen LogP contribution in [-0.4, -0.2) is 34.5 Å². The van der Waals surface area contributed by atoms with Gasteiger partial charge in [-0.25, -0.2) is 0 Å². The predicted molar refractivity (Wildman–Crippen MR) is 93.0 cm³/mol. The topological polar surface area (TPSA) is 75.4 Å². The van der Waals surface area contributed by atoms with Gasteiger partial charge >= 0.3 is 0 Å². The minimum atomic E-state index is -0.254. The maximum absolute atomic E-state index is 12.7. The van der Waals surface area contributed by atoms with Gasteiger partial charge in [-0.05, 0) is 30.9 Å². The van der Waals surface area contributed by atoms with Crippen LogP contribution >= 0.6 is 0 Å². The second-order valence-electron chi connectivity index (χ2n) is 6.81. The van der Waals surface area contributed by atoms with Crippen molar-refractivity contribution in [1.82, 2.24) is 15.4 Å². The fourth-order valence-electron chi connectivity index (χ4n) is 2.55. The zero-order valence-electron chi connectivity index (χ0n) is 14.6. The smallest absolute Gasteiger partial charge is 0.273 e. The molecule has 0 bridgehead atoms. The van der Waals surface area contributed by atoms with E-state index < -0.39 is 0 Å². The lowest BCUT2D eigenvalue weighted by molar-refractivity contribution is 0.0712. The quantitative estimate of drug-likeness (QED) is 0.840. The first-order valence-corrected chi connectivity index (χ1v) is 8.64. The van der Waals surface area contributed by atoms with E-state index in [9.17, 15) is 9.59 Å². The van der Waals surface area contributed by atoms with E-state index in [0.717, 1.165) is 12.8 Å². The van der Waals surface area contributed by atoms with Crippen molar-refractivity contribution in [2.45, 2.75) is 39.3 Å². The van der Waals surface area contributed by atoms with E-state index in [-0.39, 0.29) is 23.6 Å². The van der Waals surface area contributed by atoms with Crippen LogP contribution in [0.25, 0.3) is 0 Å². The van der Waals surface area contributed by atoms with Crippen molar-refractivity contribution in [2.75, 3.05) is 6.54 Å². The highest BCUT2D eigenvalue weighted by Gasteiger charge is 2.34. The van der Waals surface area contributed by atoms with E-state index in [1.807, 2.05) is 44.2 Å². The summed E-state index contributed by atoms with van der Waals surface area (Å²) in [5.41, 5.74) is 0.905. The second kappa shape index (κ2) is 7.51. The minimum absolute atomic E-state index is 0.0229. The number of nitrogens with one attached hydrogen (secondary N) is 1. The summed E-state index contributed by atoms with van der Waals surface area (Å²) in [6.07, 6.45) is 1.99. The maximum Gasteiger partial charge on any atom is 0.273 e. The van der Waals surface area contributed by atoms with Crippen molar-refractivity contribution < 1.29 is 14.1 Å². The van der Waals surface area contributed by atoms with E-state index >= 15 is 0 Å². The van der Waals surface area contributed by atoms with Crippen LogP contribution in [0.3, 0.4) is 0 Å². The average Bonchev–Trinajstić information content (AvgIpc) is 3.35. The molecule has 1 heterocycles. The van der Waals surface area contributed by atoms with Crippen LogP contribution in [0.1, 0.15) is 53.3 Å². The van der Waals surface area contributed by atoms with E-state index in [0.29, 0.717) is 30.3 Å². The molecule has 6 nitrogen and oxygen atoms in total. The lowest BCUT2D eigenvalue weighted by Crippen LogP contribution is -2.32. The van der Waals surface area contributed by atoms with Gasteiger partial charge in [-0.3, -0.25) is 9.59 Å². The van der Waals surface area contributed by atoms with Gasteiger partial charge in [0.1, 0.15) is 0 Å². The molecule has 2 amide bonds. The first-order chi connectivity index (χ1) is 12.0. The van der Waals surface area contributed by atoms with Crippen LogP contribution in [-0.2, 0) is 6.54 Å². The maximum atomic E-state index is 12.7. The molecule has 132 valence electrons. The molecular formula is C19H23N3O3. The third-order valence-electron chi connectivity index (χ3n) is 4.06. The van der Waals surface area contributed by atoms with Crippen LogP contribution in [0.2, 0.25) is 0 Å². The van der Waals surface area contributed by atoms with E-state index in [4.69, 9.17) is 4.52 Å². The number of carbonyl (C=O) groups excluding carboxylic acids is 2. The van der Waals surface area contributed by atoms with Gasteiger partial charge in [0.15, 0.2) is 11.5 Å². The van der Waals surface area contributed by atoms with Gasteiger partial charge in [0.2, 0.25) is 0 Å². The number of benzene rings is 1. The van der Waals surface area contributed by atoms with E-state index in [1.54, 1.807) is 11.0 Å². The van der Waals surface area contributed by atoms with Gasteiger partial charge in [-0.1, -0.05) is 37.2 Å². The van der Waals surface area contributed by atoms with Gasteiger partial charge in [0, 0.05) is 24.2 Å².